The van der Waals surface area contributed by atoms with Crippen LogP contribution in [0.4, 0.5) is 0 Å². The Balaban J connectivity index is 0. The summed E-state index contributed by atoms with van der Waals surface area (Å²) in [6, 6.07) is 0. The van der Waals surface area contributed by atoms with Crippen molar-refractivity contribution in [2.45, 2.75) is 0 Å². The fraction of sp³-hybridized carbons (Fsp3) is 0. The van der Waals surface area contributed by atoms with Crippen LogP contribution in [-0.4, -0.2) is 11.1 Å². The molecule has 0 bridgehead atoms. The maximum Gasteiger partial charge on any atom is 0.161 e. The molecule has 3 heteroatoms. The Morgan fingerprint density at radius 1 is 1.80 bits per heavy atom. The number of carboxylic acid groups (broad SMARTS) is 1. The number of carboxylic acids is 1. The predicted molar refractivity (Wildman–Crippen MR) is 13.0 cm³/mol. The fourth-order valence-electron chi connectivity index (χ4n) is 0. The standard InChI is InChI=1S/C2H3O2.Cr/c1-2(3)4;/h1H2,(H,3,4);/q-1;. The molecule has 0 aliphatic heterocycles. The van der Waals surface area contributed by atoms with Crippen LogP contribution in [-0.2, 0) is 22.2 Å². The molecular weight excluding hydrogens is 108 g/mol. The van der Waals surface area contributed by atoms with E-state index in [0.717, 1.165) is 0 Å². The second kappa shape index (κ2) is 3.87. The van der Waals surface area contributed by atoms with Crippen LogP contribution in [0.1, 0.15) is 0 Å². The number of rotatable bonds is 0. The third-order valence-electron chi connectivity index (χ3n) is 0. The van der Waals surface area contributed by atoms with Gasteiger partial charge in [0.25, 0.3) is 0 Å². The molecule has 0 saturated carbocycles. The molecule has 0 atom stereocenters. The Bertz CT molecular complexity index is 30.6. The summed E-state index contributed by atoms with van der Waals surface area (Å²) in [7, 11) is 0. The summed E-state index contributed by atoms with van der Waals surface area (Å²) in [5.41, 5.74) is 0. The first kappa shape index (κ1) is 8.86. The summed E-state index contributed by atoms with van der Waals surface area (Å²) in [4.78, 5) is 8.89. The summed E-state index contributed by atoms with van der Waals surface area (Å²) in [5, 5.41) is 7.31. The van der Waals surface area contributed by atoms with Gasteiger partial charge in [-0.2, -0.15) is 0 Å². The van der Waals surface area contributed by atoms with Gasteiger partial charge in [-0.1, -0.05) is 0 Å². The van der Waals surface area contributed by atoms with Gasteiger partial charge in [0.15, 0.2) is 5.97 Å². The van der Waals surface area contributed by atoms with E-state index in [1.807, 2.05) is 0 Å². The number of hydrogen-bond acceptors (Lipinski definition) is 1. The molecule has 0 amide bonds. The normalized spacial score (nSPS) is 4.80. The van der Waals surface area contributed by atoms with E-state index in [9.17, 15) is 0 Å². The molecule has 0 saturated heterocycles. The van der Waals surface area contributed by atoms with E-state index in [0.29, 0.717) is 0 Å². The smallest absolute Gasteiger partial charge is 0.161 e. The molecule has 0 aromatic heterocycles. The van der Waals surface area contributed by atoms with E-state index in [1.54, 1.807) is 0 Å². The first-order valence-corrected chi connectivity index (χ1v) is 0.781. The van der Waals surface area contributed by atoms with Crippen LogP contribution < -0.4 is 0 Å². The molecule has 0 aliphatic carbocycles. The van der Waals surface area contributed by atoms with E-state index in [-0.39, 0.29) is 17.4 Å². The summed E-state index contributed by atoms with van der Waals surface area (Å²) < 4.78 is 0. The number of carbonyl (C=O) groups is 1. The van der Waals surface area contributed by atoms with Crippen LogP contribution in [0.2, 0.25) is 0 Å². The molecule has 0 rings (SSSR count). The minimum atomic E-state index is -1.08. The van der Waals surface area contributed by atoms with Crippen LogP contribution in [0.3, 0.4) is 0 Å². The average molecular weight is 111 g/mol. The Kier molecular flexibility index (Phi) is 6.86. The molecule has 0 unspecified atom stereocenters. The molecule has 30 valence electrons. The van der Waals surface area contributed by atoms with Gasteiger partial charge in [0.2, 0.25) is 0 Å². The minimum absolute atomic E-state index is 0. The van der Waals surface area contributed by atoms with Crippen LogP contribution in [0, 0.1) is 6.92 Å². The van der Waals surface area contributed by atoms with Crippen LogP contribution in [0.25, 0.3) is 0 Å². The first-order valence-electron chi connectivity index (χ1n) is 0.781. The topological polar surface area (TPSA) is 37.3 Å². The van der Waals surface area contributed by atoms with Crippen molar-refractivity contribution >= 4 is 5.97 Å². The first-order chi connectivity index (χ1) is 1.73. The van der Waals surface area contributed by atoms with Gasteiger partial charge in [0, 0.05) is 17.4 Å². The Morgan fingerprint density at radius 2 is 1.80 bits per heavy atom. The maximum atomic E-state index is 8.89. The molecule has 5 heavy (non-hydrogen) atoms. The van der Waals surface area contributed by atoms with Gasteiger partial charge in [-0.15, -0.1) is 0 Å². The predicted octanol–water partition coefficient (Wildman–Crippen LogP) is -0.0974. The van der Waals surface area contributed by atoms with E-state index < -0.39 is 5.97 Å². The van der Waals surface area contributed by atoms with Crippen LogP contribution >= 0.6 is 0 Å². The zero-order valence-electron chi connectivity index (χ0n) is 2.47. The van der Waals surface area contributed by atoms with Gasteiger partial charge in [0.05, 0.1) is 0 Å². The fourth-order valence-corrected chi connectivity index (χ4v) is 0. The van der Waals surface area contributed by atoms with E-state index in [4.69, 9.17) is 9.90 Å². The van der Waals surface area contributed by atoms with E-state index >= 15 is 0 Å². The van der Waals surface area contributed by atoms with Crippen LogP contribution in [0.15, 0.2) is 0 Å². The van der Waals surface area contributed by atoms with Crippen molar-refractivity contribution in [3.8, 4) is 0 Å². The average Bonchev–Trinajstić information content (AvgIpc) is 0.811. The summed E-state index contributed by atoms with van der Waals surface area (Å²) in [6.07, 6.45) is 0. The molecule has 0 aliphatic rings. The molecule has 0 heterocycles. The Morgan fingerprint density at radius 3 is 1.80 bits per heavy atom. The second-order valence-electron chi connectivity index (χ2n) is 0.394. The molecule has 0 aromatic carbocycles. The molecule has 0 aromatic rings. The van der Waals surface area contributed by atoms with E-state index in [2.05, 4.69) is 6.92 Å². The van der Waals surface area contributed by atoms with Gasteiger partial charge in [-0.3, -0.25) is 11.7 Å². The summed E-state index contributed by atoms with van der Waals surface area (Å²) >= 11 is 0. The quantitative estimate of drug-likeness (QED) is 0.443. The van der Waals surface area contributed by atoms with Gasteiger partial charge in [0.1, 0.15) is 0 Å². The zero-order chi connectivity index (χ0) is 3.58. The molecule has 0 fully saturated rings. The van der Waals surface area contributed by atoms with Gasteiger partial charge in [-0.05, 0) is 0 Å². The number of hydrogen-bond donors (Lipinski definition) is 1. The third-order valence-corrected chi connectivity index (χ3v) is 0. The summed E-state index contributed by atoms with van der Waals surface area (Å²) in [6.45, 7) is 2.56. The van der Waals surface area contributed by atoms with Crippen molar-refractivity contribution in [3.63, 3.8) is 0 Å². The van der Waals surface area contributed by atoms with Crippen molar-refractivity contribution in [3.05, 3.63) is 6.92 Å². The van der Waals surface area contributed by atoms with Crippen molar-refractivity contribution in [1.29, 1.82) is 0 Å². The second-order valence-corrected chi connectivity index (χ2v) is 0.394. The SMILES string of the molecule is [CH2-]C(=O)O.[Cr]. The van der Waals surface area contributed by atoms with E-state index in [1.165, 1.54) is 0 Å². The third kappa shape index (κ3) is 835. The van der Waals surface area contributed by atoms with Crippen molar-refractivity contribution in [1.82, 2.24) is 0 Å². The maximum absolute atomic E-state index is 8.89. The van der Waals surface area contributed by atoms with Crippen molar-refractivity contribution in [2.24, 2.45) is 0 Å². The minimum Gasteiger partial charge on any atom is -0.503 e. The molecule has 0 spiro atoms. The van der Waals surface area contributed by atoms with Crippen molar-refractivity contribution in [2.75, 3.05) is 0 Å². The van der Waals surface area contributed by atoms with Crippen LogP contribution in [0.5, 0.6) is 0 Å². The van der Waals surface area contributed by atoms with Gasteiger partial charge >= 0.3 is 0 Å². The van der Waals surface area contributed by atoms with Gasteiger partial charge < -0.3 is 5.11 Å². The molecule has 2 nitrogen and oxygen atoms in total. The molecule has 0 radical (unpaired) electrons. The largest absolute Gasteiger partial charge is 0.503 e. The monoisotopic (exact) mass is 111 g/mol. The molecular formula is C2H3CrO2-. The van der Waals surface area contributed by atoms with Gasteiger partial charge in [-0.25, -0.2) is 0 Å². The number of aliphatic carboxylic acids is 1. The van der Waals surface area contributed by atoms with Crippen molar-refractivity contribution < 1.29 is 27.3 Å². The zero-order valence-corrected chi connectivity index (χ0v) is 3.75. The molecule has 1 N–H and O–H groups in total. The summed E-state index contributed by atoms with van der Waals surface area (Å²) in [5.74, 6) is -1.08. The Labute approximate surface area is 40.9 Å². The Hall–Kier alpha value is -0.128.